The molecule has 0 saturated heterocycles. The molecule has 2 N–H and O–H groups in total. The predicted octanol–water partition coefficient (Wildman–Crippen LogP) is 1.04. The molecule has 13 heavy (non-hydrogen) atoms. The van der Waals surface area contributed by atoms with Gasteiger partial charge in [0.05, 0.1) is 0 Å². The van der Waals surface area contributed by atoms with E-state index in [1.807, 2.05) is 0 Å². The molecule has 1 rings (SSSR count). The topological polar surface area (TPSA) is 41.1 Å². The van der Waals surface area contributed by atoms with Crippen molar-refractivity contribution in [2.75, 3.05) is 13.1 Å². The fraction of sp³-hybridized carbons (Fsp3) is 0.900. The minimum Gasteiger partial charge on any atom is -0.353 e. The minimum absolute atomic E-state index is 0.223. The fourth-order valence-corrected chi connectivity index (χ4v) is 1.20. The van der Waals surface area contributed by atoms with E-state index < -0.39 is 0 Å². The van der Waals surface area contributed by atoms with Gasteiger partial charge in [-0.25, -0.2) is 0 Å². The smallest absolute Gasteiger partial charge is 0.220 e. The maximum Gasteiger partial charge on any atom is 0.220 e. The molecule has 0 unspecified atom stereocenters. The van der Waals surface area contributed by atoms with Crippen molar-refractivity contribution >= 4 is 5.91 Å². The van der Waals surface area contributed by atoms with E-state index in [-0.39, 0.29) is 5.91 Å². The van der Waals surface area contributed by atoms with Crippen LogP contribution < -0.4 is 10.6 Å². The molecule has 1 amide bonds. The standard InChI is InChI=1S/C10H20N2O/c1-2-7-11-8-3-4-10(13)12-9-5-6-9/h9,11H,2-8H2,1H3,(H,12,13). The summed E-state index contributed by atoms with van der Waals surface area (Å²) in [6.45, 7) is 4.17. The van der Waals surface area contributed by atoms with E-state index in [1.165, 1.54) is 12.8 Å². The normalized spacial score (nSPS) is 15.8. The van der Waals surface area contributed by atoms with Crippen molar-refractivity contribution in [3.8, 4) is 0 Å². The zero-order valence-corrected chi connectivity index (χ0v) is 8.44. The highest BCUT2D eigenvalue weighted by molar-refractivity contribution is 5.76. The minimum atomic E-state index is 0.223. The highest BCUT2D eigenvalue weighted by Crippen LogP contribution is 2.18. The number of nitrogens with one attached hydrogen (secondary N) is 2. The lowest BCUT2D eigenvalue weighted by molar-refractivity contribution is -0.121. The van der Waals surface area contributed by atoms with Crippen molar-refractivity contribution in [3.05, 3.63) is 0 Å². The molecule has 0 atom stereocenters. The lowest BCUT2D eigenvalue weighted by Crippen LogP contribution is -2.26. The Labute approximate surface area is 80.3 Å². The maximum absolute atomic E-state index is 11.2. The monoisotopic (exact) mass is 184 g/mol. The second-order valence-electron chi connectivity index (χ2n) is 3.70. The van der Waals surface area contributed by atoms with E-state index in [9.17, 15) is 4.79 Å². The number of rotatable bonds is 7. The Balaban J connectivity index is 1.83. The first-order valence-electron chi connectivity index (χ1n) is 5.33. The van der Waals surface area contributed by atoms with E-state index in [1.54, 1.807) is 0 Å². The Morgan fingerprint density at radius 1 is 1.38 bits per heavy atom. The van der Waals surface area contributed by atoms with Crippen LogP contribution in [0.15, 0.2) is 0 Å². The van der Waals surface area contributed by atoms with Gasteiger partial charge in [-0.3, -0.25) is 4.79 Å². The quantitative estimate of drug-likeness (QED) is 0.581. The molecule has 0 aromatic rings. The summed E-state index contributed by atoms with van der Waals surface area (Å²) in [7, 11) is 0. The second-order valence-corrected chi connectivity index (χ2v) is 3.70. The maximum atomic E-state index is 11.2. The molecule has 76 valence electrons. The zero-order chi connectivity index (χ0) is 9.52. The summed E-state index contributed by atoms with van der Waals surface area (Å²) in [6, 6.07) is 0.510. The number of amides is 1. The first-order valence-corrected chi connectivity index (χ1v) is 5.33. The molecule has 0 heterocycles. The molecular formula is C10H20N2O. The summed E-state index contributed by atoms with van der Waals surface area (Å²) in [4.78, 5) is 11.2. The average Bonchev–Trinajstić information content (AvgIpc) is 2.88. The van der Waals surface area contributed by atoms with Gasteiger partial charge in [-0.1, -0.05) is 6.92 Å². The van der Waals surface area contributed by atoms with Crippen molar-refractivity contribution in [1.29, 1.82) is 0 Å². The number of carbonyl (C=O) groups excluding carboxylic acids is 1. The summed E-state index contributed by atoms with van der Waals surface area (Å²) in [6.07, 6.45) is 5.15. The third kappa shape index (κ3) is 5.64. The van der Waals surface area contributed by atoms with Crippen molar-refractivity contribution in [2.24, 2.45) is 0 Å². The van der Waals surface area contributed by atoms with Crippen LogP contribution in [-0.4, -0.2) is 25.0 Å². The Bertz CT molecular complexity index is 155. The summed E-state index contributed by atoms with van der Waals surface area (Å²) in [5, 5.41) is 6.26. The van der Waals surface area contributed by atoms with Crippen LogP contribution in [0.2, 0.25) is 0 Å². The van der Waals surface area contributed by atoms with Crippen molar-refractivity contribution in [2.45, 2.75) is 45.1 Å². The summed E-state index contributed by atoms with van der Waals surface area (Å²) in [5.41, 5.74) is 0. The van der Waals surface area contributed by atoms with Crippen molar-refractivity contribution in [3.63, 3.8) is 0 Å². The zero-order valence-electron chi connectivity index (χ0n) is 8.44. The average molecular weight is 184 g/mol. The molecule has 0 radical (unpaired) electrons. The van der Waals surface area contributed by atoms with E-state index >= 15 is 0 Å². The van der Waals surface area contributed by atoms with Crippen LogP contribution >= 0.6 is 0 Å². The third-order valence-corrected chi connectivity index (χ3v) is 2.13. The predicted molar refractivity (Wildman–Crippen MR) is 53.6 cm³/mol. The van der Waals surface area contributed by atoms with Gasteiger partial charge in [0.15, 0.2) is 0 Å². The van der Waals surface area contributed by atoms with Crippen LogP contribution in [0.5, 0.6) is 0 Å². The molecule has 1 saturated carbocycles. The molecular weight excluding hydrogens is 164 g/mol. The SMILES string of the molecule is CCCNCCCC(=O)NC1CC1. The van der Waals surface area contributed by atoms with Gasteiger partial charge < -0.3 is 10.6 Å². The van der Waals surface area contributed by atoms with E-state index in [0.29, 0.717) is 12.5 Å². The Hall–Kier alpha value is -0.570. The van der Waals surface area contributed by atoms with E-state index in [4.69, 9.17) is 0 Å². The van der Waals surface area contributed by atoms with E-state index in [0.717, 1.165) is 25.9 Å². The summed E-state index contributed by atoms with van der Waals surface area (Å²) in [5.74, 6) is 0.223. The molecule has 0 aliphatic heterocycles. The number of hydrogen-bond acceptors (Lipinski definition) is 2. The van der Waals surface area contributed by atoms with Crippen LogP contribution in [0.3, 0.4) is 0 Å². The molecule has 0 bridgehead atoms. The summed E-state index contributed by atoms with van der Waals surface area (Å²) < 4.78 is 0. The molecule has 0 aromatic heterocycles. The van der Waals surface area contributed by atoms with Gasteiger partial charge in [-0.15, -0.1) is 0 Å². The van der Waals surface area contributed by atoms with E-state index in [2.05, 4.69) is 17.6 Å². The largest absolute Gasteiger partial charge is 0.353 e. The molecule has 0 aromatic carbocycles. The first-order chi connectivity index (χ1) is 6.33. The van der Waals surface area contributed by atoms with Gasteiger partial charge >= 0.3 is 0 Å². The number of carbonyl (C=O) groups is 1. The Morgan fingerprint density at radius 2 is 2.15 bits per heavy atom. The fourth-order valence-electron chi connectivity index (χ4n) is 1.20. The molecule has 1 aliphatic rings. The van der Waals surface area contributed by atoms with Crippen LogP contribution in [0.25, 0.3) is 0 Å². The first kappa shape index (κ1) is 10.5. The second kappa shape index (κ2) is 5.97. The molecule has 1 aliphatic carbocycles. The highest BCUT2D eigenvalue weighted by atomic mass is 16.1. The number of hydrogen-bond donors (Lipinski definition) is 2. The van der Waals surface area contributed by atoms with Crippen molar-refractivity contribution < 1.29 is 4.79 Å². The molecule has 3 heteroatoms. The highest BCUT2D eigenvalue weighted by Gasteiger charge is 2.22. The Kier molecular flexibility index (Phi) is 4.83. The lowest BCUT2D eigenvalue weighted by atomic mass is 10.3. The van der Waals surface area contributed by atoms with Gasteiger partial charge in [0.25, 0.3) is 0 Å². The molecule has 1 fully saturated rings. The molecule has 3 nitrogen and oxygen atoms in total. The van der Waals surface area contributed by atoms with Gasteiger partial charge in [0.1, 0.15) is 0 Å². The Morgan fingerprint density at radius 3 is 2.77 bits per heavy atom. The van der Waals surface area contributed by atoms with Crippen LogP contribution in [0.4, 0.5) is 0 Å². The van der Waals surface area contributed by atoms with Crippen LogP contribution in [0, 0.1) is 0 Å². The third-order valence-electron chi connectivity index (χ3n) is 2.13. The van der Waals surface area contributed by atoms with Crippen LogP contribution in [0.1, 0.15) is 39.0 Å². The van der Waals surface area contributed by atoms with Gasteiger partial charge in [0.2, 0.25) is 5.91 Å². The van der Waals surface area contributed by atoms with Gasteiger partial charge in [-0.05, 0) is 38.8 Å². The lowest BCUT2D eigenvalue weighted by Gasteiger charge is -2.03. The summed E-state index contributed by atoms with van der Waals surface area (Å²) >= 11 is 0. The van der Waals surface area contributed by atoms with Gasteiger partial charge in [0, 0.05) is 12.5 Å². The molecule has 0 spiro atoms. The van der Waals surface area contributed by atoms with Crippen molar-refractivity contribution in [1.82, 2.24) is 10.6 Å². The van der Waals surface area contributed by atoms with Gasteiger partial charge in [-0.2, -0.15) is 0 Å². The van der Waals surface area contributed by atoms with Crippen LogP contribution in [-0.2, 0) is 4.79 Å².